The number of amides is 1. The van der Waals surface area contributed by atoms with Crippen LogP contribution in [0.25, 0.3) is 0 Å². The number of ether oxygens (including phenoxy) is 1. The molecule has 0 aliphatic carbocycles. The van der Waals surface area contributed by atoms with E-state index >= 15 is 0 Å². The summed E-state index contributed by atoms with van der Waals surface area (Å²) in [4.78, 5) is 23.2. The van der Waals surface area contributed by atoms with Crippen molar-refractivity contribution in [3.05, 3.63) is 35.9 Å². The molecule has 0 spiro atoms. The van der Waals surface area contributed by atoms with Gasteiger partial charge in [-0.25, -0.2) is 9.59 Å². The molecule has 1 saturated heterocycles. The number of piperidine rings is 1. The number of carbonyl (C=O) groups is 2. The van der Waals surface area contributed by atoms with E-state index in [-0.39, 0.29) is 6.61 Å². The van der Waals surface area contributed by atoms with Crippen molar-refractivity contribution in [2.45, 2.75) is 25.0 Å². The van der Waals surface area contributed by atoms with E-state index in [9.17, 15) is 14.7 Å². The lowest BCUT2D eigenvalue weighted by molar-refractivity contribution is -0.145. The lowest BCUT2D eigenvalue weighted by Crippen LogP contribution is -2.59. The van der Waals surface area contributed by atoms with Crippen molar-refractivity contribution in [2.75, 3.05) is 13.1 Å². The molecule has 108 valence electrons. The van der Waals surface area contributed by atoms with Crippen LogP contribution in [0.5, 0.6) is 0 Å². The molecule has 1 aromatic carbocycles. The van der Waals surface area contributed by atoms with Gasteiger partial charge in [-0.1, -0.05) is 30.3 Å². The zero-order valence-electron chi connectivity index (χ0n) is 11.1. The first-order chi connectivity index (χ1) is 9.62. The molecule has 0 saturated carbocycles. The van der Waals surface area contributed by atoms with Crippen molar-refractivity contribution in [1.29, 1.82) is 0 Å². The Hall–Kier alpha value is -2.08. The van der Waals surface area contributed by atoms with Crippen LogP contribution in [0, 0.1) is 0 Å². The lowest BCUT2D eigenvalue weighted by Gasteiger charge is -2.33. The fraction of sp³-hybridized carbons (Fsp3) is 0.429. The van der Waals surface area contributed by atoms with E-state index in [1.54, 1.807) is 0 Å². The van der Waals surface area contributed by atoms with Gasteiger partial charge in [0, 0.05) is 0 Å². The van der Waals surface area contributed by atoms with Crippen LogP contribution in [0.1, 0.15) is 18.4 Å². The van der Waals surface area contributed by atoms with Crippen LogP contribution in [0.4, 0.5) is 4.79 Å². The number of nitrogens with one attached hydrogen (secondary N) is 2. The maximum atomic E-state index is 11.8. The quantitative estimate of drug-likeness (QED) is 0.768. The Morgan fingerprint density at radius 3 is 2.50 bits per heavy atom. The van der Waals surface area contributed by atoms with E-state index in [0.29, 0.717) is 25.9 Å². The summed E-state index contributed by atoms with van der Waals surface area (Å²) in [5.74, 6) is -1.02. The number of rotatable bonds is 4. The minimum atomic E-state index is -1.22. The number of carboxylic acid groups (broad SMARTS) is 1. The van der Waals surface area contributed by atoms with Gasteiger partial charge >= 0.3 is 12.1 Å². The van der Waals surface area contributed by atoms with E-state index in [2.05, 4.69) is 10.6 Å². The summed E-state index contributed by atoms with van der Waals surface area (Å²) in [5.41, 5.74) is -0.365. The van der Waals surface area contributed by atoms with Gasteiger partial charge in [-0.15, -0.1) is 0 Å². The normalized spacial score (nSPS) is 17.2. The molecule has 1 amide bonds. The number of aliphatic carboxylic acids is 1. The molecule has 1 aliphatic heterocycles. The molecule has 6 heteroatoms. The summed E-state index contributed by atoms with van der Waals surface area (Å²) in [6.45, 7) is 1.25. The topological polar surface area (TPSA) is 87.7 Å². The van der Waals surface area contributed by atoms with Gasteiger partial charge in [-0.2, -0.15) is 0 Å². The highest BCUT2D eigenvalue weighted by Crippen LogP contribution is 2.19. The molecule has 0 unspecified atom stereocenters. The SMILES string of the molecule is O=C(NC1(C(=O)O)CCNCC1)OCc1ccccc1. The molecule has 1 aliphatic rings. The largest absolute Gasteiger partial charge is 0.480 e. The number of hydrogen-bond donors (Lipinski definition) is 3. The van der Waals surface area contributed by atoms with Gasteiger partial charge in [0.05, 0.1) is 0 Å². The third kappa shape index (κ3) is 3.48. The maximum absolute atomic E-state index is 11.8. The van der Waals surface area contributed by atoms with Gasteiger partial charge in [0.15, 0.2) is 0 Å². The van der Waals surface area contributed by atoms with Crippen LogP contribution < -0.4 is 10.6 Å². The van der Waals surface area contributed by atoms with Crippen molar-refractivity contribution in [2.24, 2.45) is 0 Å². The second-order valence-corrected chi connectivity index (χ2v) is 4.82. The monoisotopic (exact) mass is 278 g/mol. The van der Waals surface area contributed by atoms with Crippen LogP contribution in [0.15, 0.2) is 30.3 Å². The second-order valence-electron chi connectivity index (χ2n) is 4.82. The highest BCUT2D eigenvalue weighted by Gasteiger charge is 2.41. The Morgan fingerprint density at radius 1 is 1.25 bits per heavy atom. The average Bonchev–Trinajstić information content (AvgIpc) is 2.47. The van der Waals surface area contributed by atoms with Crippen molar-refractivity contribution in [3.8, 4) is 0 Å². The molecule has 1 fully saturated rings. The zero-order chi connectivity index (χ0) is 14.4. The number of hydrogen-bond acceptors (Lipinski definition) is 4. The molecular weight excluding hydrogens is 260 g/mol. The molecule has 0 radical (unpaired) electrons. The summed E-state index contributed by atoms with van der Waals surface area (Å²) in [5, 5.41) is 14.9. The fourth-order valence-corrected chi connectivity index (χ4v) is 2.20. The number of carbonyl (C=O) groups excluding carboxylic acids is 1. The van der Waals surface area contributed by atoms with Crippen molar-refractivity contribution < 1.29 is 19.4 Å². The first kappa shape index (κ1) is 14.3. The van der Waals surface area contributed by atoms with Crippen LogP contribution in [-0.4, -0.2) is 35.8 Å². The van der Waals surface area contributed by atoms with Crippen molar-refractivity contribution in [1.82, 2.24) is 10.6 Å². The summed E-state index contributed by atoms with van der Waals surface area (Å²) in [7, 11) is 0. The third-order valence-electron chi connectivity index (χ3n) is 3.42. The van der Waals surface area contributed by atoms with Crippen LogP contribution >= 0.6 is 0 Å². The molecule has 1 aromatic rings. The maximum Gasteiger partial charge on any atom is 0.408 e. The Balaban J connectivity index is 1.90. The molecule has 0 bridgehead atoms. The molecule has 6 nitrogen and oxygen atoms in total. The molecule has 1 heterocycles. The molecule has 3 N–H and O–H groups in total. The van der Waals surface area contributed by atoms with Gasteiger partial charge in [0.1, 0.15) is 12.1 Å². The minimum Gasteiger partial charge on any atom is -0.480 e. The predicted molar refractivity (Wildman–Crippen MR) is 72.2 cm³/mol. The van der Waals surface area contributed by atoms with Gasteiger partial charge in [0.2, 0.25) is 0 Å². The summed E-state index contributed by atoms with van der Waals surface area (Å²) < 4.78 is 5.07. The highest BCUT2D eigenvalue weighted by molar-refractivity contribution is 5.84. The van der Waals surface area contributed by atoms with Crippen LogP contribution in [0.2, 0.25) is 0 Å². The van der Waals surface area contributed by atoms with E-state index in [4.69, 9.17) is 4.74 Å². The Labute approximate surface area is 117 Å². The Bertz CT molecular complexity index is 469. The third-order valence-corrected chi connectivity index (χ3v) is 3.42. The Morgan fingerprint density at radius 2 is 1.90 bits per heavy atom. The molecule has 2 rings (SSSR count). The summed E-state index contributed by atoms with van der Waals surface area (Å²) in [6, 6.07) is 9.25. The zero-order valence-corrected chi connectivity index (χ0v) is 11.1. The van der Waals surface area contributed by atoms with Gasteiger partial charge < -0.3 is 20.5 Å². The average molecular weight is 278 g/mol. The van der Waals surface area contributed by atoms with Gasteiger partial charge in [-0.05, 0) is 31.5 Å². The first-order valence-electron chi connectivity index (χ1n) is 6.55. The Kier molecular flexibility index (Phi) is 4.57. The summed E-state index contributed by atoms with van der Waals surface area (Å²) >= 11 is 0. The predicted octanol–water partition coefficient (Wildman–Crippen LogP) is 1.12. The molecule has 0 aromatic heterocycles. The van der Waals surface area contributed by atoms with E-state index in [1.807, 2.05) is 30.3 Å². The lowest BCUT2D eigenvalue weighted by atomic mass is 9.88. The number of benzene rings is 1. The van der Waals surface area contributed by atoms with Gasteiger partial charge in [-0.3, -0.25) is 0 Å². The summed E-state index contributed by atoms with van der Waals surface area (Å²) in [6.07, 6.45) is 0.00379. The standard InChI is InChI=1S/C14H18N2O4/c17-12(18)14(6-8-15-9-7-14)16-13(19)20-10-11-4-2-1-3-5-11/h1-5,15H,6-10H2,(H,16,19)(H,17,18). The molecule has 20 heavy (non-hydrogen) atoms. The van der Waals surface area contributed by atoms with Crippen LogP contribution in [0.3, 0.4) is 0 Å². The minimum absolute atomic E-state index is 0.126. The van der Waals surface area contributed by atoms with E-state index in [0.717, 1.165) is 5.56 Å². The van der Waals surface area contributed by atoms with Crippen LogP contribution in [-0.2, 0) is 16.1 Å². The molecular formula is C14H18N2O4. The number of carboxylic acids is 1. The first-order valence-corrected chi connectivity index (χ1v) is 6.55. The van der Waals surface area contributed by atoms with Crippen molar-refractivity contribution >= 4 is 12.1 Å². The van der Waals surface area contributed by atoms with Gasteiger partial charge in [0.25, 0.3) is 0 Å². The van der Waals surface area contributed by atoms with E-state index < -0.39 is 17.6 Å². The molecule has 0 atom stereocenters. The number of alkyl carbamates (subject to hydrolysis) is 1. The fourth-order valence-electron chi connectivity index (χ4n) is 2.20. The second kappa shape index (κ2) is 6.38. The van der Waals surface area contributed by atoms with E-state index in [1.165, 1.54) is 0 Å². The van der Waals surface area contributed by atoms with Crippen molar-refractivity contribution in [3.63, 3.8) is 0 Å². The smallest absolute Gasteiger partial charge is 0.408 e. The highest BCUT2D eigenvalue weighted by atomic mass is 16.5.